The highest BCUT2D eigenvalue weighted by Crippen LogP contribution is 2.41. The van der Waals surface area contributed by atoms with E-state index >= 15 is 0 Å². The topological polar surface area (TPSA) is 25.8 Å². The maximum absolute atomic E-state index is 5.37. The van der Waals surface area contributed by atoms with Crippen molar-refractivity contribution in [1.82, 2.24) is 9.97 Å². The third-order valence-electron chi connectivity index (χ3n) is 10.3. The Labute approximate surface area is 324 Å². The van der Waals surface area contributed by atoms with Gasteiger partial charge >= 0.3 is 0 Å². The first-order chi connectivity index (χ1) is 27.2. The molecule has 2 nitrogen and oxygen atoms in total. The summed E-state index contributed by atoms with van der Waals surface area (Å²) >= 11 is 1.73. The average Bonchev–Trinajstić information content (AvgIpc) is 3.66. The van der Waals surface area contributed by atoms with Crippen LogP contribution in [-0.2, 0) is 0 Å². The number of benzene rings is 8. The molecule has 0 aliphatic heterocycles. The van der Waals surface area contributed by atoms with Crippen LogP contribution in [0.1, 0.15) is 0 Å². The van der Waals surface area contributed by atoms with Gasteiger partial charge in [0.25, 0.3) is 0 Å². The fourth-order valence-electron chi connectivity index (χ4n) is 7.60. The van der Waals surface area contributed by atoms with Gasteiger partial charge in [0.05, 0.1) is 5.69 Å². The molecular formula is C52H34N2S. The summed E-state index contributed by atoms with van der Waals surface area (Å²) < 4.78 is 1.21. The standard InChI is InChI=1S/C52H34N2S/c1-4-15-35(16-5-1)38-21-13-25-43(32-38)50-49-46-27-10-11-28-48(46)55-52(49)54-51(53-50)44-26-14-24-41(33-44)39-22-12-23-40(31-39)42-29-30-45(36-17-6-2-7-18-36)47(34-42)37-19-8-3-9-20-37/h1-34H. The second kappa shape index (κ2) is 14.1. The first kappa shape index (κ1) is 32.7. The number of nitrogens with zero attached hydrogens (tertiary/aromatic N) is 2. The van der Waals surface area contributed by atoms with Gasteiger partial charge in [-0.2, -0.15) is 0 Å². The van der Waals surface area contributed by atoms with Crippen LogP contribution in [0.25, 0.3) is 98.6 Å². The first-order valence-electron chi connectivity index (χ1n) is 18.6. The number of thiophene rings is 1. The quantitative estimate of drug-likeness (QED) is 0.164. The molecule has 55 heavy (non-hydrogen) atoms. The van der Waals surface area contributed by atoms with Crippen LogP contribution in [0.15, 0.2) is 206 Å². The van der Waals surface area contributed by atoms with Crippen LogP contribution in [0.4, 0.5) is 0 Å². The molecule has 0 amide bonds. The van der Waals surface area contributed by atoms with Crippen LogP contribution in [0.5, 0.6) is 0 Å². The third-order valence-corrected chi connectivity index (χ3v) is 11.4. The van der Waals surface area contributed by atoms with Crippen LogP contribution in [0.3, 0.4) is 0 Å². The van der Waals surface area contributed by atoms with Gasteiger partial charge in [-0.15, -0.1) is 11.3 Å². The predicted molar refractivity (Wildman–Crippen MR) is 233 cm³/mol. The summed E-state index contributed by atoms with van der Waals surface area (Å²) in [5.74, 6) is 0.723. The Balaban J connectivity index is 1.06. The molecule has 2 heterocycles. The van der Waals surface area contributed by atoms with E-state index in [0.29, 0.717) is 0 Å². The molecule has 0 aliphatic carbocycles. The summed E-state index contributed by atoms with van der Waals surface area (Å²) in [7, 11) is 0. The Hall–Kier alpha value is -6.94. The van der Waals surface area contributed by atoms with Crippen LogP contribution in [0.2, 0.25) is 0 Å². The molecule has 0 atom stereocenters. The van der Waals surface area contributed by atoms with Gasteiger partial charge in [-0.1, -0.05) is 176 Å². The van der Waals surface area contributed by atoms with E-state index in [1.54, 1.807) is 11.3 Å². The van der Waals surface area contributed by atoms with Gasteiger partial charge < -0.3 is 0 Å². The minimum absolute atomic E-state index is 0.723. The molecule has 258 valence electrons. The number of rotatable bonds is 7. The summed E-state index contributed by atoms with van der Waals surface area (Å²) in [6.45, 7) is 0. The zero-order valence-electron chi connectivity index (χ0n) is 29.9. The Bertz CT molecular complexity index is 2970. The number of fused-ring (bicyclic) bond motifs is 3. The first-order valence-corrected chi connectivity index (χ1v) is 19.4. The maximum Gasteiger partial charge on any atom is 0.161 e. The van der Waals surface area contributed by atoms with Gasteiger partial charge in [-0.05, 0) is 86.0 Å². The minimum Gasteiger partial charge on any atom is -0.227 e. The van der Waals surface area contributed by atoms with E-state index in [2.05, 4.69) is 206 Å². The highest BCUT2D eigenvalue weighted by Gasteiger charge is 2.18. The molecule has 0 fully saturated rings. The lowest BCUT2D eigenvalue weighted by Crippen LogP contribution is -1.94. The van der Waals surface area contributed by atoms with E-state index in [4.69, 9.17) is 9.97 Å². The summed E-state index contributed by atoms with van der Waals surface area (Å²) in [5.41, 5.74) is 14.8. The lowest BCUT2D eigenvalue weighted by atomic mass is 9.90. The minimum atomic E-state index is 0.723. The van der Waals surface area contributed by atoms with Gasteiger partial charge in [-0.25, -0.2) is 9.97 Å². The molecule has 10 rings (SSSR count). The maximum atomic E-state index is 5.37. The molecule has 0 spiro atoms. The van der Waals surface area contributed by atoms with Crippen molar-refractivity contribution < 1.29 is 0 Å². The molecular weight excluding hydrogens is 685 g/mol. The second-order valence-corrected chi connectivity index (χ2v) is 14.8. The van der Waals surface area contributed by atoms with Crippen molar-refractivity contribution in [2.45, 2.75) is 0 Å². The predicted octanol–water partition coefficient (Wildman–Crippen LogP) is 14.5. The van der Waals surface area contributed by atoms with Crippen LogP contribution in [-0.4, -0.2) is 9.97 Å². The highest BCUT2D eigenvalue weighted by molar-refractivity contribution is 7.25. The lowest BCUT2D eigenvalue weighted by molar-refractivity contribution is 1.24. The van der Waals surface area contributed by atoms with Crippen molar-refractivity contribution in [2.75, 3.05) is 0 Å². The normalized spacial score (nSPS) is 11.3. The number of hydrogen-bond donors (Lipinski definition) is 0. The van der Waals surface area contributed by atoms with Gasteiger partial charge in [-0.3, -0.25) is 0 Å². The van der Waals surface area contributed by atoms with Crippen LogP contribution >= 0.6 is 11.3 Å². The van der Waals surface area contributed by atoms with E-state index < -0.39 is 0 Å². The van der Waals surface area contributed by atoms with Crippen molar-refractivity contribution in [3.63, 3.8) is 0 Å². The largest absolute Gasteiger partial charge is 0.227 e. The summed E-state index contributed by atoms with van der Waals surface area (Å²) in [6, 6.07) is 73.5. The van der Waals surface area contributed by atoms with Crippen molar-refractivity contribution in [2.24, 2.45) is 0 Å². The third kappa shape index (κ3) is 6.31. The molecule has 8 aromatic carbocycles. The van der Waals surface area contributed by atoms with E-state index in [1.165, 1.54) is 54.6 Å². The van der Waals surface area contributed by atoms with Crippen molar-refractivity contribution >= 4 is 31.6 Å². The molecule has 0 saturated heterocycles. The molecule has 3 heteroatoms. The molecule has 0 radical (unpaired) electrons. The molecule has 2 aromatic heterocycles. The Kier molecular flexibility index (Phi) is 8.40. The average molecular weight is 719 g/mol. The molecule has 0 bridgehead atoms. The monoisotopic (exact) mass is 718 g/mol. The molecule has 0 N–H and O–H groups in total. The van der Waals surface area contributed by atoms with Gasteiger partial charge in [0.2, 0.25) is 0 Å². The SMILES string of the molecule is c1ccc(-c2cccc(-c3nc(-c4cccc(-c5cccc(-c6ccc(-c7ccccc7)c(-c7ccccc7)c6)c5)c4)nc4sc5ccccc5c34)c2)cc1. The highest BCUT2D eigenvalue weighted by atomic mass is 32.1. The van der Waals surface area contributed by atoms with Gasteiger partial charge in [0.1, 0.15) is 4.83 Å². The number of hydrogen-bond acceptors (Lipinski definition) is 3. The van der Waals surface area contributed by atoms with Gasteiger partial charge in [0.15, 0.2) is 5.82 Å². The van der Waals surface area contributed by atoms with Crippen LogP contribution in [0, 0.1) is 0 Å². The lowest BCUT2D eigenvalue weighted by Gasteiger charge is -2.14. The summed E-state index contributed by atoms with van der Waals surface area (Å²) in [6.07, 6.45) is 0. The van der Waals surface area contributed by atoms with Crippen molar-refractivity contribution in [1.29, 1.82) is 0 Å². The Morgan fingerprint density at radius 2 is 0.782 bits per heavy atom. The molecule has 0 aliphatic rings. The van der Waals surface area contributed by atoms with Crippen molar-refractivity contribution in [3.8, 4) is 78.3 Å². The molecule has 0 unspecified atom stereocenters. The fourth-order valence-corrected chi connectivity index (χ4v) is 8.68. The second-order valence-electron chi connectivity index (χ2n) is 13.8. The smallest absolute Gasteiger partial charge is 0.161 e. The zero-order valence-corrected chi connectivity index (χ0v) is 30.7. The van der Waals surface area contributed by atoms with Crippen molar-refractivity contribution in [3.05, 3.63) is 206 Å². The van der Waals surface area contributed by atoms with Gasteiger partial charge in [0, 0.05) is 26.6 Å². The van der Waals surface area contributed by atoms with Crippen LogP contribution < -0.4 is 0 Å². The summed E-state index contributed by atoms with van der Waals surface area (Å²) in [4.78, 5) is 11.6. The fraction of sp³-hybridized carbons (Fsp3) is 0. The van der Waals surface area contributed by atoms with E-state index in [9.17, 15) is 0 Å². The van der Waals surface area contributed by atoms with E-state index in [-0.39, 0.29) is 0 Å². The summed E-state index contributed by atoms with van der Waals surface area (Å²) in [5, 5.41) is 2.29. The molecule has 10 aromatic rings. The van der Waals surface area contributed by atoms with E-state index in [1.807, 2.05) is 0 Å². The molecule has 0 saturated carbocycles. The zero-order chi connectivity index (χ0) is 36.6. The number of aromatic nitrogens is 2. The van der Waals surface area contributed by atoms with E-state index in [0.717, 1.165) is 44.0 Å². The Morgan fingerprint density at radius 1 is 0.309 bits per heavy atom. The Morgan fingerprint density at radius 3 is 1.45 bits per heavy atom.